The summed E-state index contributed by atoms with van der Waals surface area (Å²) in [6.45, 7) is 4.74. The number of nitrogens with zero attached hydrogens (tertiary/aromatic N) is 3. The molecule has 1 N–H and O–H groups in total. The van der Waals surface area contributed by atoms with Gasteiger partial charge in [-0.2, -0.15) is 0 Å². The van der Waals surface area contributed by atoms with Gasteiger partial charge in [-0.3, -0.25) is 19.1 Å². The van der Waals surface area contributed by atoms with Gasteiger partial charge in [0.15, 0.2) is 11.2 Å². The van der Waals surface area contributed by atoms with Crippen LogP contribution >= 0.6 is 0 Å². The summed E-state index contributed by atoms with van der Waals surface area (Å²) < 4.78 is 8.83. The van der Waals surface area contributed by atoms with E-state index in [4.69, 9.17) is 4.74 Å². The SMILES string of the molecule is CCCCn1c(=O)[nH]c(=O)c2c1nc(COC(=O)CC(c1ccccc1)c1ccccc1)n2CC. The lowest BCUT2D eigenvalue weighted by Gasteiger charge is -2.17. The van der Waals surface area contributed by atoms with Crippen molar-refractivity contribution in [2.45, 2.75) is 58.7 Å². The molecule has 0 saturated carbocycles. The molecule has 0 aliphatic carbocycles. The molecule has 2 heterocycles. The van der Waals surface area contributed by atoms with Crippen LogP contribution in [0.5, 0.6) is 0 Å². The Morgan fingerprint density at radius 2 is 1.60 bits per heavy atom. The van der Waals surface area contributed by atoms with Crippen LogP contribution in [0.3, 0.4) is 0 Å². The normalized spacial score (nSPS) is 11.3. The molecule has 0 radical (unpaired) electrons. The van der Waals surface area contributed by atoms with Crippen molar-refractivity contribution in [2.75, 3.05) is 0 Å². The van der Waals surface area contributed by atoms with Crippen LogP contribution in [0.4, 0.5) is 0 Å². The first kappa shape index (κ1) is 24.2. The van der Waals surface area contributed by atoms with Gasteiger partial charge in [0, 0.05) is 19.0 Å². The molecule has 35 heavy (non-hydrogen) atoms. The van der Waals surface area contributed by atoms with Crippen LogP contribution in [0.1, 0.15) is 56.0 Å². The quantitative estimate of drug-likeness (QED) is 0.351. The maximum atomic E-state index is 12.9. The highest BCUT2D eigenvalue weighted by atomic mass is 16.5. The number of aromatic nitrogens is 4. The molecule has 0 aliphatic rings. The zero-order chi connectivity index (χ0) is 24.8. The molecule has 4 rings (SSSR count). The number of carbonyl (C=O) groups is 1. The Bertz CT molecular complexity index is 1360. The maximum Gasteiger partial charge on any atom is 0.330 e. The number of benzene rings is 2. The molecule has 0 saturated heterocycles. The number of imidazole rings is 1. The van der Waals surface area contributed by atoms with E-state index in [0.29, 0.717) is 30.1 Å². The summed E-state index contributed by atoms with van der Waals surface area (Å²) in [5.41, 5.74) is 1.74. The second-order valence-corrected chi connectivity index (χ2v) is 8.45. The smallest absolute Gasteiger partial charge is 0.330 e. The van der Waals surface area contributed by atoms with Gasteiger partial charge in [-0.05, 0) is 24.5 Å². The van der Waals surface area contributed by atoms with Crippen LogP contribution in [0.15, 0.2) is 70.3 Å². The summed E-state index contributed by atoms with van der Waals surface area (Å²) in [6, 6.07) is 19.7. The molecule has 2 aromatic carbocycles. The number of unbranched alkanes of at least 4 members (excludes halogenated alkanes) is 1. The molecule has 4 aromatic rings. The van der Waals surface area contributed by atoms with Gasteiger partial charge in [-0.15, -0.1) is 0 Å². The van der Waals surface area contributed by atoms with Crippen LogP contribution in [0, 0.1) is 0 Å². The van der Waals surface area contributed by atoms with E-state index in [2.05, 4.69) is 9.97 Å². The Kier molecular flexibility index (Phi) is 7.60. The van der Waals surface area contributed by atoms with E-state index >= 15 is 0 Å². The highest BCUT2D eigenvalue weighted by Crippen LogP contribution is 2.28. The fourth-order valence-electron chi connectivity index (χ4n) is 4.36. The maximum absolute atomic E-state index is 12.9. The summed E-state index contributed by atoms with van der Waals surface area (Å²) in [5, 5.41) is 0. The zero-order valence-electron chi connectivity index (χ0n) is 20.1. The van der Waals surface area contributed by atoms with E-state index in [0.717, 1.165) is 24.0 Å². The van der Waals surface area contributed by atoms with Crippen molar-refractivity contribution in [3.63, 3.8) is 0 Å². The Morgan fingerprint density at radius 1 is 0.971 bits per heavy atom. The number of aromatic amines is 1. The number of aryl methyl sites for hydroxylation is 2. The van der Waals surface area contributed by atoms with Crippen LogP contribution < -0.4 is 11.2 Å². The average molecular weight is 475 g/mol. The zero-order valence-corrected chi connectivity index (χ0v) is 20.1. The first-order valence-corrected chi connectivity index (χ1v) is 12.0. The van der Waals surface area contributed by atoms with Gasteiger partial charge in [0.2, 0.25) is 0 Å². The Labute approximate surface area is 203 Å². The van der Waals surface area contributed by atoms with Gasteiger partial charge >= 0.3 is 11.7 Å². The third kappa shape index (κ3) is 5.26. The highest BCUT2D eigenvalue weighted by molar-refractivity contribution is 5.72. The predicted octanol–water partition coefficient (Wildman–Crippen LogP) is 3.97. The number of hydrogen-bond acceptors (Lipinski definition) is 5. The fraction of sp³-hybridized carbons (Fsp3) is 0.333. The van der Waals surface area contributed by atoms with Crippen molar-refractivity contribution in [3.8, 4) is 0 Å². The Hall–Kier alpha value is -3.94. The minimum atomic E-state index is -0.488. The van der Waals surface area contributed by atoms with E-state index in [9.17, 15) is 14.4 Å². The molecule has 0 spiro atoms. The van der Waals surface area contributed by atoms with Gasteiger partial charge in [-0.1, -0.05) is 74.0 Å². The lowest BCUT2D eigenvalue weighted by Crippen LogP contribution is -2.31. The van der Waals surface area contributed by atoms with Crippen molar-refractivity contribution in [2.24, 2.45) is 0 Å². The van der Waals surface area contributed by atoms with E-state index in [-0.39, 0.29) is 24.9 Å². The summed E-state index contributed by atoms with van der Waals surface area (Å²) in [4.78, 5) is 44.9. The van der Waals surface area contributed by atoms with Gasteiger partial charge < -0.3 is 9.30 Å². The second-order valence-electron chi connectivity index (χ2n) is 8.45. The molecule has 0 atom stereocenters. The van der Waals surface area contributed by atoms with Gasteiger partial charge in [0.25, 0.3) is 5.56 Å². The number of fused-ring (bicyclic) bond motifs is 1. The van der Waals surface area contributed by atoms with Crippen molar-refractivity contribution in [1.29, 1.82) is 0 Å². The minimum Gasteiger partial charge on any atom is -0.457 e. The van der Waals surface area contributed by atoms with Gasteiger partial charge in [0.05, 0.1) is 6.42 Å². The molecule has 8 nitrogen and oxygen atoms in total. The summed E-state index contributed by atoms with van der Waals surface area (Å²) in [5.74, 6) is -0.0696. The number of rotatable bonds is 10. The molecular weight excluding hydrogens is 444 g/mol. The molecule has 0 aliphatic heterocycles. The van der Waals surface area contributed by atoms with Crippen LogP contribution in [0.2, 0.25) is 0 Å². The minimum absolute atomic E-state index is 0.0843. The standard InChI is InChI=1S/C27H30N4O4/c1-3-5-16-31-25-24(26(33)29-27(31)34)30(4-2)22(28-25)18-35-23(32)17-21(19-12-8-6-9-13-19)20-14-10-7-11-15-20/h6-15,21H,3-5,16-18H2,1-2H3,(H,29,33,34). The molecule has 0 fully saturated rings. The number of carbonyl (C=O) groups excluding carboxylic acids is 1. The van der Waals surface area contributed by atoms with Crippen LogP contribution in [-0.4, -0.2) is 25.1 Å². The van der Waals surface area contributed by atoms with Crippen LogP contribution in [-0.2, 0) is 29.2 Å². The summed E-state index contributed by atoms with van der Waals surface area (Å²) >= 11 is 0. The number of esters is 1. The summed E-state index contributed by atoms with van der Waals surface area (Å²) in [7, 11) is 0. The largest absolute Gasteiger partial charge is 0.457 e. The number of hydrogen-bond donors (Lipinski definition) is 1. The molecule has 2 aromatic heterocycles. The summed E-state index contributed by atoms with van der Waals surface area (Å²) in [6.07, 6.45) is 1.85. The molecule has 0 unspecified atom stereocenters. The van der Waals surface area contributed by atoms with E-state index in [1.807, 2.05) is 74.5 Å². The van der Waals surface area contributed by atoms with E-state index in [1.165, 1.54) is 4.57 Å². The topological polar surface area (TPSA) is 99.0 Å². The fourth-order valence-corrected chi connectivity index (χ4v) is 4.36. The van der Waals surface area contributed by atoms with Crippen molar-refractivity contribution in [3.05, 3.63) is 98.5 Å². The number of ether oxygens (including phenoxy) is 1. The first-order chi connectivity index (χ1) is 17.0. The average Bonchev–Trinajstić information content (AvgIpc) is 3.26. The first-order valence-electron chi connectivity index (χ1n) is 12.0. The lowest BCUT2D eigenvalue weighted by molar-refractivity contribution is -0.145. The molecule has 8 heteroatoms. The monoisotopic (exact) mass is 474 g/mol. The Morgan fingerprint density at radius 3 is 2.17 bits per heavy atom. The van der Waals surface area contributed by atoms with E-state index < -0.39 is 11.2 Å². The second kappa shape index (κ2) is 11.0. The predicted molar refractivity (Wildman–Crippen MR) is 134 cm³/mol. The number of H-pyrrole nitrogens is 1. The van der Waals surface area contributed by atoms with Crippen LogP contribution in [0.25, 0.3) is 11.2 Å². The lowest BCUT2D eigenvalue weighted by atomic mass is 9.89. The highest BCUT2D eigenvalue weighted by Gasteiger charge is 2.21. The molecular formula is C27H30N4O4. The molecule has 0 amide bonds. The molecule has 0 bridgehead atoms. The van der Waals surface area contributed by atoms with Gasteiger partial charge in [-0.25, -0.2) is 9.78 Å². The van der Waals surface area contributed by atoms with Gasteiger partial charge in [0.1, 0.15) is 12.4 Å². The third-order valence-corrected chi connectivity index (χ3v) is 6.15. The van der Waals surface area contributed by atoms with Crippen molar-refractivity contribution in [1.82, 2.24) is 19.1 Å². The third-order valence-electron chi connectivity index (χ3n) is 6.15. The van der Waals surface area contributed by atoms with Crippen molar-refractivity contribution >= 4 is 17.1 Å². The number of nitrogens with one attached hydrogen (secondary N) is 1. The van der Waals surface area contributed by atoms with Crippen molar-refractivity contribution < 1.29 is 9.53 Å². The van der Waals surface area contributed by atoms with E-state index in [1.54, 1.807) is 4.57 Å². The Balaban J connectivity index is 1.59. The molecule has 182 valence electrons.